The predicted octanol–water partition coefficient (Wildman–Crippen LogP) is 2.05. The Kier molecular flexibility index (Phi) is 8.19. The number of Topliss-reactive ketones (excluding diaryl/α,β-unsaturated/α-hetero) is 1. The van der Waals surface area contributed by atoms with Crippen LogP contribution in [0.15, 0.2) is 0 Å². The van der Waals surface area contributed by atoms with E-state index in [4.69, 9.17) is 0 Å². The monoisotopic (exact) mass is 199 g/mol. The van der Waals surface area contributed by atoms with Crippen LogP contribution in [0.4, 0.5) is 0 Å². The Balaban J connectivity index is 3.24. The largest absolute Gasteiger partial charge is 0.356 e. The van der Waals surface area contributed by atoms with Crippen molar-refractivity contribution in [3.8, 4) is 0 Å². The highest BCUT2D eigenvalue weighted by Crippen LogP contribution is 2.03. The molecule has 0 aromatic carbocycles. The fraction of sp³-hybridized carbons (Fsp3) is 0.818. The summed E-state index contributed by atoms with van der Waals surface area (Å²) in [7, 11) is 0. The maximum absolute atomic E-state index is 11.2. The summed E-state index contributed by atoms with van der Waals surface area (Å²) < 4.78 is 0. The van der Waals surface area contributed by atoms with E-state index in [1.54, 1.807) is 0 Å². The average molecular weight is 199 g/mol. The molecule has 0 aromatic heterocycles. The maximum atomic E-state index is 11.2. The summed E-state index contributed by atoms with van der Waals surface area (Å²) in [4.78, 5) is 21.7. The Morgan fingerprint density at radius 1 is 1.07 bits per heavy atom. The second-order valence-electron chi connectivity index (χ2n) is 3.58. The molecule has 0 radical (unpaired) electrons. The molecule has 3 heteroatoms. The van der Waals surface area contributed by atoms with Crippen LogP contribution in [0.3, 0.4) is 0 Å². The molecule has 0 aliphatic rings. The lowest BCUT2D eigenvalue weighted by molar-refractivity contribution is -0.120. The molecule has 0 fully saturated rings. The lowest BCUT2D eigenvalue weighted by Crippen LogP contribution is -2.22. The lowest BCUT2D eigenvalue weighted by atomic mass is 10.1. The fourth-order valence-electron chi connectivity index (χ4n) is 1.25. The van der Waals surface area contributed by atoms with E-state index in [9.17, 15) is 9.59 Å². The Bertz CT molecular complexity index is 178. The van der Waals surface area contributed by atoms with E-state index in [-0.39, 0.29) is 11.7 Å². The third kappa shape index (κ3) is 9.23. The van der Waals surface area contributed by atoms with Crippen LogP contribution >= 0.6 is 0 Å². The summed E-state index contributed by atoms with van der Waals surface area (Å²) in [6.45, 7) is 4.10. The molecule has 0 aliphatic carbocycles. The van der Waals surface area contributed by atoms with Crippen molar-refractivity contribution in [1.82, 2.24) is 5.32 Å². The molecule has 0 aromatic rings. The highest BCUT2D eigenvalue weighted by Gasteiger charge is 2.01. The Morgan fingerprint density at radius 2 is 1.79 bits per heavy atom. The van der Waals surface area contributed by atoms with Gasteiger partial charge in [0.1, 0.15) is 5.78 Å². The van der Waals surface area contributed by atoms with Gasteiger partial charge in [-0.15, -0.1) is 0 Å². The normalized spacial score (nSPS) is 9.86. The SMILES string of the molecule is CCCCCCC(=O)CCNC(C)=O. The van der Waals surface area contributed by atoms with Crippen LogP contribution in [0.5, 0.6) is 0 Å². The molecule has 14 heavy (non-hydrogen) atoms. The Labute approximate surface area is 86.3 Å². The first-order valence-electron chi connectivity index (χ1n) is 5.43. The van der Waals surface area contributed by atoms with E-state index >= 15 is 0 Å². The minimum absolute atomic E-state index is 0.0659. The molecular formula is C11H21NO2. The first kappa shape index (κ1) is 13.1. The summed E-state index contributed by atoms with van der Waals surface area (Å²) in [6.07, 6.45) is 5.68. The number of carbonyl (C=O) groups is 2. The molecule has 82 valence electrons. The van der Waals surface area contributed by atoms with Crippen molar-refractivity contribution < 1.29 is 9.59 Å². The van der Waals surface area contributed by atoms with Gasteiger partial charge in [-0.1, -0.05) is 26.2 Å². The van der Waals surface area contributed by atoms with Gasteiger partial charge in [0, 0.05) is 26.3 Å². The third-order valence-corrected chi connectivity index (χ3v) is 2.09. The van der Waals surface area contributed by atoms with E-state index in [1.807, 2.05) is 0 Å². The number of hydrogen-bond donors (Lipinski definition) is 1. The number of amides is 1. The smallest absolute Gasteiger partial charge is 0.216 e. The Morgan fingerprint density at radius 3 is 2.36 bits per heavy atom. The van der Waals surface area contributed by atoms with E-state index in [0.717, 1.165) is 12.8 Å². The first-order chi connectivity index (χ1) is 6.66. The zero-order chi connectivity index (χ0) is 10.8. The molecule has 0 saturated heterocycles. The average Bonchev–Trinajstić information content (AvgIpc) is 2.12. The molecule has 0 atom stereocenters. The van der Waals surface area contributed by atoms with Gasteiger partial charge < -0.3 is 5.32 Å². The summed E-state index contributed by atoms with van der Waals surface area (Å²) in [5.74, 6) is 0.193. The number of carbonyl (C=O) groups excluding carboxylic acids is 2. The van der Waals surface area contributed by atoms with Gasteiger partial charge in [-0.3, -0.25) is 9.59 Å². The van der Waals surface area contributed by atoms with Gasteiger partial charge in [-0.25, -0.2) is 0 Å². The summed E-state index contributed by atoms with van der Waals surface area (Å²) in [5.41, 5.74) is 0. The molecule has 0 spiro atoms. The van der Waals surface area contributed by atoms with Gasteiger partial charge in [-0.2, -0.15) is 0 Å². The van der Waals surface area contributed by atoms with Crippen molar-refractivity contribution in [2.75, 3.05) is 6.54 Å². The highest BCUT2D eigenvalue weighted by atomic mass is 16.1. The maximum Gasteiger partial charge on any atom is 0.216 e. The van der Waals surface area contributed by atoms with Gasteiger partial charge in [-0.05, 0) is 6.42 Å². The first-order valence-corrected chi connectivity index (χ1v) is 5.43. The predicted molar refractivity (Wildman–Crippen MR) is 57.1 cm³/mol. The number of unbranched alkanes of at least 4 members (excludes halogenated alkanes) is 3. The molecule has 0 saturated carbocycles. The third-order valence-electron chi connectivity index (χ3n) is 2.09. The summed E-state index contributed by atoms with van der Waals surface area (Å²) in [5, 5.41) is 2.62. The second-order valence-corrected chi connectivity index (χ2v) is 3.58. The van der Waals surface area contributed by atoms with E-state index in [2.05, 4.69) is 12.2 Å². The summed E-state index contributed by atoms with van der Waals surface area (Å²) in [6, 6.07) is 0. The molecule has 1 amide bonds. The molecule has 3 nitrogen and oxygen atoms in total. The minimum atomic E-state index is -0.0659. The number of rotatable bonds is 8. The number of nitrogens with one attached hydrogen (secondary N) is 1. The molecule has 1 N–H and O–H groups in total. The standard InChI is InChI=1S/C11H21NO2/c1-3-4-5-6-7-11(14)8-9-12-10(2)13/h3-9H2,1-2H3,(H,12,13). The number of hydrogen-bond acceptors (Lipinski definition) is 2. The lowest BCUT2D eigenvalue weighted by Gasteiger charge is -2.01. The minimum Gasteiger partial charge on any atom is -0.356 e. The van der Waals surface area contributed by atoms with Crippen LogP contribution in [0.25, 0.3) is 0 Å². The molecule has 0 aliphatic heterocycles. The van der Waals surface area contributed by atoms with Gasteiger partial charge in [0.15, 0.2) is 0 Å². The molecule has 0 rings (SSSR count). The van der Waals surface area contributed by atoms with Gasteiger partial charge in [0.25, 0.3) is 0 Å². The fourth-order valence-corrected chi connectivity index (χ4v) is 1.25. The van der Waals surface area contributed by atoms with Gasteiger partial charge in [0.05, 0.1) is 0 Å². The quantitative estimate of drug-likeness (QED) is 0.608. The van der Waals surface area contributed by atoms with Crippen molar-refractivity contribution in [2.45, 2.75) is 52.4 Å². The summed E-state index contributed by atoms with van der Waals surface area (Å²) >= 11 is 0. The van der Waals surface area contributed by atoms with Gasteiger partial charge in [0.2, 0.25) is 5.91 Å². The van der Waals surface area contributed by atoms with Crippen molar-refractivity contribution in [3.05, 3.63) is 0 Å². The zero-order valence-electron chi connectivity index (χ0n) is 9.27. The van der Waals surface area contributed by atoms with Crippen molar-refractivity contribution in [2.24, 2.45) is 0 Å². The van der Waals surface area contributed by atoms with Crippen LogP contribution < -0.4 is 5.32 Å². The second kappa shape index (κ2) is 8.73. The highest BCUT2D eigenvalue weighted by molar-refractivity contribution is 5.79. The topological polar surface area (TPSA) is 46.2 Å². The van der Waals surface area contributed by atoms with Crippen molar-refractivity contribution >= 4 is 11.7 Å². The van der Waals surface area contributed by atoms with Crippen LogP contribution in [0.1, 0.15) is 52.4 Å². The van der Waals surface area contributed by atoms with E-state index < -0.39 is 0 Å². The van der Waals surface area contributed by atoms with E-state index in [1.165, 1.54) is 19.8 Å². The number of ketones is 1. The zero-order valence-corrected chi connectivity index (χ0v) is 9.27. The molecule has 0 unspecified atom stereocenters. The molecule has 0 bridgehead atoms. The molecule has 0 heterocycles. The van der Waals surface area contributed by atoms with E-state index in [0.29, 0.717) is 19.4 Å². The Hall–Kier alpha value is -0.860. The molecular weight excluding hydrogens is 178 g/mol. The van der Waals surface area contributed by atoms with Crippen LogP contribution in [0, 0.1) is 0 Å². The van der Waals surface area contributed by atoms with Crippen molar-refractivity contribution in [1.29, 1.82) is 0 Å². The van der Waals surface area contributed by atoms with Crippen molar-refractivity contribution in [3.63, 3.8) is 0 Å². The van der Waals surface area contributed by atoms with Crippen LogP contribution in [0.2, 0.25) is 0 Å². The van der Waals surface area contributed by atoms with Gasteiger partial charge >= 0.3 is 0 Å². The van der Waals surface area contributed by atoms with Crippen LogP contribution in [-0.4, -0.2) is 18.2 Å². The van der Waals surface area contributed by atoms with Crippen LogP contribution in [-0.2, 0) is 9.59 Å².